The van der Waals surface area contributed by atoms with Gasteiger partial charge in [0.2, 0.25) is 0 Å². The lowest BCUT2D eigenvalue weighted by atomic mass is 9.92. The predicted molar refractivity (Wildman–Crippen MR) is 72.9 cm³/mol. The molecule has 2 atom stereocenters. The van der Waals surface area contributed by atoms with Crippen molar-refractivity contribution >= 4 is 10.9 Å². The molecule has 3 nitrogen and oxygen atoms in total. The Bertz CT molecular complexity index is 475. The summed E-state index contributed by atoms with van der Waals surface area (Å²) in [4.78, 5) is 3.33. The predicted octanol–water partition coefficient (Wildman–Crippen LogP) is 2.41. The number of aromatic amines is 1. The quantitative estimate of drug-likeness (QED) is 0.740. The van der Waals surface area contributed by atoms with E-state index in [-0.39, 0.29) is 0 Å². The van der Waals surface area contributed by atoms with Gasteiger partial charge in [0, 0.05) is 23.1 Å². The summed E-state index contributed by atoms with van der Waals surface area (Å²) in [6.07, 6.45) is 3.14. The van der Waals surface area contributed by atoms with Gasteiger partial charge in [-0.2, -0.15) is 0 Å². The maximum atomic E-state index is 5.65. The van der Waals surface area contributed by atoms with Crippen molar-refractivity contribution in [2.75, 3.05) is 13.6 Å². The molecule has 92 valence electrons. The molecule has 0 fully saturated rings. The van der Waals surface area contributed by atoms with Crippen LogP contribution in [0.5, 0.6) is 0 Å². The molecule has 0 aliphatic carbocycles. The van der Waals surface area contributed by atoms with E-state index >= 15 is 0 Å². The van der Waals surface area contributed by atoms with E-state index in [1.807, 2.05) is 7.05 Å². The topological polar surface area (TPSA) is 53.8 Å². The summed E-state index contributed by atoms with van der Waals surface area (Å²) in [6, 6.07) is 8.77. The molecule has 1 aromatic heterocycles. The van der Waals surface area contributed by atoms with Crippen LogP contribution in [0, 0.1) is 5.92 Å². The average molecular weight is 231 g/mol. The zero-order chi connectivity index (χ0) is 12.3. The number of nitrogens with one attached hydrogen (secondary N) is 2. The second-order valence-corrected chi connectivity index (χ2v) is 4.61. The van der Waals surface area contributed by atoms with Crippen molar-refractivity contribution in [3.63, 3.8) is 0 Å². The minimum atomic E-state index is 0.356. The van der Waals surface area contributed by atoms with E-state index in [1.165, 1.54) is 16.5 Å². The second-order valence-electron chi connectivity index (χ2n) is 4.61. The molecule has 1 heterocycles. The number of hydrogen-bond acceptors (Lipinski definition) is 2. The normalized spacial score (nSPS) is 15.0. The highest BCUT2D eigenvalue weighted by Crippen LogP contribution is 2.29. The van der Waals surface area contributed by atoms with Crippen LogP contribution in [0.15, 0.2) is 30.5 Å². The summed E-state index contributed by atoms with van der Waals surface area (Å²) in [5.74, 6) is 0.532. The van der Waals surface area contributed by atoms with Gasteiger partial charge in [-0.3, -0.25) is 0 Å². The third-order valence-corrected chi connectivity index (χ3v) is 3.46. The fourth-order valence-electron chi connectivity index (χ4n) is 2.53. The Labute approximate surface area is 102 Å². The highest BCUT2D eigenvalue weighted by atomic mass is 14.9. The molecule has 2 aromatic rings. The minimum absolute atomic E-state index is 0.356. The van der Waals surface area contributed by atoms with E-state index < -0.39 is 0 Å². The average Bonchev–Trinajstić information content (AvgIpc) is 2.75. The number of hydrogen-bond donors (Lipinski definition) is 3. The van der Waals surface area contributed by atoms with Crippen LogP contribution in [-0.2, 0) is 0 Å². The Kier molecular flexibility index (Phi) is 3.82. The fourth-order valence-corrected chi connectivity index (χ4v) is 2.53. The molecule has 1 aromatic carbocycles. The first-order chi connectivity index (χ1) is 8.27. The van der Waals surface area contributed by atoms with Gasteiger partial charge in [-0.15, -0.1) is 0 Å². The van der Waals surface area contributed by atoms with Gasteiger partial charge in [0.1, 0.15) is 0 Å². The second kappa shape index (κ2) is 5.34. The Balaban J connectivity index is 2.36. The number of benzene rings is 1. The van der Waals surface area contributed by atoms with Crippen molar-refractivity contribution in [1.82, 2.24) is 10.3 Å². The highest BCUT2D eigenvalue weighted by molar-refractivity contribution is 5.83. The van der Waals surface area contributed by atoms with Gasteiger partial charge in [0.25, 0.3) is 0 Å². The van der Waals surface area contributed by atoms with Crippen LogP contribution in [-0.4, -0.2) is 18.6 Å². The Morgan fingerprint density at radius 1 is 1.35 bits per heavy atom. The van der Waals surface area contributed by atoms with Crippen LogP contribution in [0.4, 0.5) is 0 Å². The molecule has 0 saturated heterocycles. The van der Waals surface area contributed by atoms with Crippen LogP contribution >= 0.6 is 0 Å². The van der Waals surface area contributed by atoms with E-state index in [4.69, 9.17) is 5.73 Å². The summed E-state index contributed by atoms with van der Waals surface area (Å²) in [6.45, 7) is 2.98. The van der Waals surface area contributed by atoms with Crippen LogP contribution < -0.4 is 11.1 Å². The van der Waals surface area contributed by atoms with E-state index in [0.717, 1.165) is 13.0 Å². The molecule has 0 aliphatic heterocycles. The van der Waals surface area contributed by atoms with E-state index in [9.17, 15) is 0 Å². The molecule has 4 N–H and O–H groups in total. The maximum absolute atomic E-state index is 5.65. The number of para-hydroxylation sites is 1. The first kappa shape index (κ1) is 12.1. The van der Waals surface area contributed by atoms with Crippen molar-refractivity contribution < 1.29 is 0 Å². The van der Waals surface area contributed by atoms with Crippen LogP contribution in [0.1, 0.15) is 24.9 Å². The highest BCUT2D eigenvalue weighted by Gasteiger charge is 2.19. The molecule has 2 rings (SSSR count). The first-order valence-corrected chi connectivity index (χ1v) is 6.21. The van der Waals surface area contributed by atoms with Crippen LogP contribution in [0.3, 0.4) is 0 Å². The molecule has 0 amide bonds. The van der Waals surface area contributed by atoms with Gasteiger partial charge >= 0.3 is 0 Å². The molecule has 0 saturated carbocycles. The summed E-state index contributed by atoms with van der Waals surface area (Å²) in [7, 11) is 2.01. The summed E-state index contributed by atoms with van der Waals surface area (Å²) in [5, 5.41) is 4.71. The zero-order valence-corrected chi connectivity index (χ0v) is 10.5. The largest absolute Gasteiger partial charge is 0.361 e. The Hall–Kier alpha value is -1.32. The number of nitrogens with two attached hydrogens (primary N) is 1. The van der Waals surface area contributed by atoms with Gasteiger partial charge < -0.3 is 16.0 Å². The molecule has 0 spiro atoms. The molecule has 2 unspecified atom stereocenters. The molecule has 0 radical (unpaired) electrons. The maximum Gasteiger partial charge on any atom is 0.0457 e. The molecule has 3 heteroatoms. The third kappa shape index (κ3) is 2.35. The van der Waals surface area contributed by atoms with Crippen molar-refractivity contribution in [2.45, 2.75) is 19.4 Å². The van der Waals surface area contributed by atoms with Crippen LogP contribution in [0.25, 0.3) is 10.9 Å². The van der Waals surface area contributed by atoms with Gasteiger partial charge in [-0.05, 0) is 37.6 Å². The van der Waals surface area contributed by atoms with Gasteiger partial charge in [0.15, 0.2) is 0 Å². The SMILES string of the molecule is CNC(c1c[nH]c2ccccc12)C(C)CCN. The monoisotopic (exact) mass is 231 g/mol. The number of aromatic nitrogens is 1. The van der Waals surface area contributed by atoms with E-state index in [0.29, 0.717) is 12.0 Å². The minimum Gasteiger partial charge on any atom is -0.361 e. The Morgan fingerprint density at radius 3 is 2.82 bits per heavy atom. The number of H-pyrrole nitrogens is 1. The van der Waals surface area contributed by atoms with Crippen molar-refractivity contribution in [3.05, 3.63) is 36.0 Å². The van der Waals surface area contributed by atoms with Gasteiger partial charge in [-0.1, -0.05) is 25.1 Å². The number of rotatable bonds is 5. The lowest BCUT2D eigenvalue weighted by Gasteiger charge is -2.23. The molecular weight excluding hydrogens is 210 g/mol. The molecular formula is C14H21N3. The molecule has 0 bridgehead atoms. The zero-order valence-electron chi connectivity index (χ0n) is 10.5. The summed E-state index contributed by atoms with van der Waals surface area (Å²) >= 11 is 0. The lowest BCUT2D eigenvalue weighted by Crippen LogP contribution is -2.25. The first-order valence-electron chi connectivity index (χ1n) is 6.21. The molecule has 0 aliphatic rings. The van der Waals surface area contributed by atoms with E-state index in [1.54, 1.807) is 0 Å². The van der Waals surface area contributed by atoms with Crippen molar-refractivity contribution in [3.8, 4) is 0 Å². The lowest BCUT2D eigenvalue weighted by molar-refractivity contribution is 0.394. The van der Waals surface area contributed by atoms with Crippen molar-refractivity contribution in [2.24, 2.45) is 11.7 Å². The smallest absolute Gasteiger partial charge is 0.0457 e. The standard InChI is InChI=1S/C14H21N3/c1-10(7-8-15)14(16-2)12-9-17-13-6-4-3-5-11(12)13/h3-6,9-10,14,16-17H,7-8,15H2,1-2H3. The van der Waals surface area contributed by atoms with E-state index in [2.05, 4.69) is 47.7 Å². The van der Waals surface area contributed by atoms with Crippen LogP contribution in [0.2, 0.25) is 0 Å². The summed E-state index contributed by atoms with van der Waals surface area (Å²) < 4.78 is 0. The summed E-state index contributed by atoms with van der Waals surface area (Å²) in [5.41, 5.74) is 8.19. The number of fused-ring (bicyclic) bond motifs is 1. The van der Waals surface area contributed by atoms with Gasteiger partial charge in [0.05, 0.1) is 0 Å². The fraction of sp³-hybridized carbons (Fsp3) is 0.429. The van der Waals surface area contributed by atoms with Gasteiger partial charge in [-0.25, -0.2) is 0 Å². The Morgan fingerprint density at radius 2 is 2.12 bits per heavy atom. The molecule has 17 heavy (non-hydrogen) atoms. The van der Waals surface area contributed by atoms with Crippen molar-refractivity contribution in [1.29, 1.82) is 0 Å². The third-order valence-electron chi connectivity index (χ3n) is 3.46.